The maximum Gasteiger partial charge on any atom is 0.269 e. The number of nitrogens with zero attached hydrogens (tertiary/aromatic N) is 2. The smallest absolute Gasteiger partial charge is 0.269 e. The van der Waals surface area contributed by atoms with Gasteiger partial charge in [-0.1, -0.05) is 24.3 Å². The van der Waals surface area contributed by atoms with Crippen molar-refractivity contribution in [2.45, 2.75) is 9.79 Å². The molecule has 2 aromatic rings. The molecule has 8 heteroatoms. The summed E-state index contributed by atoms with van der Waals surface area (Å²) in [5, 5.41) is 0. The van der Waals surface area contributed by atoms with Crippen molar-refractivity contribution >= 4 is 39.3 Å². The zero-order valence-corrected chi connectivity index (χ0v) is 14.7. The lowest BCUT2D eigenvalue weighted by Crippen LogP contribution is -2.44. The van der Waals surface area contributed by atoms with E-state index in [0.29, 0.717) is 10.8 Å². The van der Waals surface area contributed by atoms with Gasteiger partial charge in [-0.15, -0.1) is 11.8 Å². The van der Waals surface area contributed by atoms with Crippen LogP contribution in [0.2, 0.25) is 0 Å². The lowest BCUT2D eigenvalue weighted by atomic mass is 10.2. The van der Waals surface area contributed by atoms with Gasteiger partial charge in [0.15, 0.2) is 0 Å². The highest BCUT2D eigenvalue weighted by Gasteiger charge is 2.42. The minimum Gasteiger partial charge on any atom is -0.309 e. The molecule has 2 amide bonds. The maximum atomic E-state index is 12.8. The van der Waals surface area contributed by atoms with E-state index in [1.54, 1.807) is 28.8 Å². The van der Waals surface area contributed by atoms with Gasteiger partial charge >= 0.3 is 0 Å². The Morgan fingerprint density at radius 3 is 2.60 bits per heavy atom. The fraction of sp³-hybridized carbons (Fsp3) is 0.176. The monoisotopic (exact) mass is 374 g/mol. The molecular weight excluding hydrogens is 360 g/mol. The fourth-order valence-electron chi connectivity index (χ4n) is 3.02. The second kappa shape index (κ2) is 5.89. The number of carbonyl (C=O) groups is 2. The van der Waals surface area contributed by atoms with Crippen LogP contribution in [0.5, 0.6) is 0 Å². The predicted molar refractivity (Wildman–Crippen MR) is 94.2 cm³/mol. The third-order valence-corrected chi connectivity index (χ3v) is 7.05. The molecule has 0 N–H and O–H groups in total. The largest absolute Gasteiger partial charge is 0.309 e. The lowest BCUT2D eigenvalue weighted by Gasteiger charge is -2.30. The van der Waals surface area contributed by atoms with E-state index in [-0.39, 0.29) is 10.5 Å². The van der Waals surface area contributed by atoms with Gasteiger partial charge in [0.1, 0.15) is 11.4 Å². The molecule has 25 heavy (non-hydrogen) atoms. The second-order valence-electron chi connectivity index (χ2n) is 5.67. The van der Waals surface area contributed by atoms with Crippen LogP contribution in [-0.4, -0.2) is 43.4 Å². The number of sulfonamides is 1. The Balaban J connectivity index is 1.64. The number of rotatable bonds is 2. The number of hydrogen-bond donors (Lipinski definition) is 0. The summed E-state index contributed by atoms with van der Waals surface area (Å²) in [7, 11) is -3.98. The average molecular weight is 374 g/mol. The molecule has 0 atom stereocenters. The van der Waals surface area contributed by atoms with Crippen molar-refractivity contribution in [3.63, 3.8) is 0 Å². The summed E-state index contributed by atoms with van der Waals surface area (Å²) >= 11 is 1.65. The van der Waals surface area contributed by atoms with Gasteiger partial charge in [-0.2, -0.15) is 0 Å². The van der Waals surface area contributed by atoms with Gasteiger partial charge in [-0.3, -0.25) is 9.59 Å². The van der Waals surface area contributed by atoms with Crippen LogP contribution in [0, 0.1) is 0 Å². The molecule has 0 saturated heterocycles. The third-order valence-electron chi connectivity index (χ3n) is 4.22. The van der Waals surface area contributed by atoms with Gasteiger partial charge in [0, 0.05) is 17.2 Å². The topological polar surface area (TPSA) is 74.8 Å². The van der Waals surface area contributed by atoms with Crippen LogP contribution in [0.1, 0.15) is 10.4 Å². The zero-order valence-electron chi connectivity index (χ0n) is 13.1. The van der Waals surface area contributed by atoms with Gasteiger partial charge in [0.25, 0.3) is 15.9 Å². The summed E-state index contributed by atoms with van der Waals surface area (Å²) in [6, 6.07) is 13.5. The minimum absolute atomic E-state index is 0.0394. The Bertz CT molecular complexity index is 988. The molecule has 0 aromatic heterocycles. The molecule has 0 spiro atoms. The average Bonchev–Trinajstić information content (AvgIpc) is 2.82. The number of fused-ring (bicyclic) bond motifs is 2. The highest BCUT2D eigenvalue weighted by atomic mass is 32.2. The first kappa shape index (κ1) is 16.2. The van der Waals surface area contributed by atoms with E-state index < -0.39 is 28.4 Å². The van der Waals surface area contributed by atoms with Crippen molar-refractivity contribution in [3.8, 4) is 0 Å². The summed E-state index contributed by atoms with van der Waals surface area (Å²) in [6.07, 6.45) is 0. The molecule has 2 aliphatic heterocycles. The number of anilines is 1. The standard InChI is InChI=1S/C17H14N2O4S2/c20-16(18-9-10-24-14-7-3-2-6-13(14)18)11-19-17(21)12-5-1-4-8-15(12)25(19,22)23/h1-8H,9-11H2. The molecule has 0 radical (unpaired) electrons. The molecule has 0 fully saturated rings. The highest BCUT2D eigenvalue weighted by Crippen LogP contribution is 2.35. The number of hydrogen-bond acceptors (Lipinski definition) is 5. The first-order chi connectivity index (χ1) is 12.0. The minimum atomic E-state index is -3.98. The van der Waals surface area contributed by atoms with Crippen LogP contribution in [0.3, 0.4) is 0 Å². The molecule has 2 aliphatic rings. The lowest BCUT2D eigenvalue weighted by molar-refractivity contribution is -0.118. The predicted octanol–water partition coefficient (Wildman–Crippen LogP) is 1.97. The molecule has 6 nitrogen and oxygen atoms in total. The number of para-hydroxylation sites is 1. The number of amides is 2. The SMILES string of the molecule is O=C(CN1C(=O)c2ccccc2S1(=O)=O)N1CCSc2ccccc21. The van der Waals surface area contributed by atoms with Crippen LogP contribution < -0.4 is 4.90 Å². The molecule has 0 unspecified atom stereocenters. The fourth-order valence-corrected chi connectivity index (χ4v) is 5.54. The second-order valence-corrected chi connectivity index (χ2v) is 8.64. The van der Waals surface area contributed by atoms with E-state index >= 15 is 0 Å². The van der Waals surface area contributed by atoms with Gasteiger partial charge in [0.05, 0.1) is 11.3 Å². The van der Waals surface area contributed by atoms with Crippen molar-refractivity contribution in [1.29, 1.82) is 0 Å². The van der Waals surface area contributed by atoms with Crippen LogP contribution in [0.25, 0.3) is 0 Å². The van der Waals surface area contributed by atoms with Crippen molar-refractivity contribution < 1.29 is 18.0 Å². The quantitative estimate of drug-likeness (QED) is 0.803. The Labute approximate surface area is 149 Å². The van der Waals surface area contributed by atoms with E-state index in [4.69, 9.17) is 0 Å². The molecule has 128 valence electrons. The number of carbonyl (C=O) groups excluding carboxylic acids is 2. The van der Waals surface area contributed by atoms with E-state index in [1.807, 2.05) is 24.3 Å². The van der Waals surface area contributed by atoms with Crippen molar-refractivity contribution in [3.05, 3.63) is 54.1 Å². The Morgan fingerprint density at radius 2 is 1.80 bits per heavy atom. The van der Waals surface area contributed by atoms with Crippen LogP contribution in [0.4, 0.5) is 5.69 Å². The van der Waals surface area contributed by atoms with E-state index in [0.717, 1.165) is 16.3 Å². The summed E-state index contributed by atoms with van der Waals surface area (Å²) in [5.74, 6) is -0.329. The Kier molecular flexibility index (Phi) is 3.81. The maximum absolute atomic E-state index is 12.8. The van der Waals surface area contributed by atoms with Crippen molar-refractivity contribution in [1.82, 2.24) is 4.31 Å². The van der Waals surface area contributed by atoms with E-state index in [2.05, 4.69) is 0 Å². The normalized spacial score (nSPS) is 18.0. The van der Waals surface area contributed by atoms with Crippen molar-refractivity contribution in [2.75, 3.05) is 23.7 Å². The Hall–Kier alpha value is -2.32. The van der Waals surface area contributed by atoms with Crippen LogP contribution in [-0.2, 0) is 14.8 Å². The first-order valence-corrected chi connectivity index (χ1v) is 10.1. The van der Waals surface area contributed by atoms with Gasteiger partial charge in [-0.25, -0.2) is 12.7 Å². The summed E-state index contributed by atoms with van der Waals surface area (Å²) < 4.78 is 25.8. The Morgan fingerprint density at radius 1 is 1.08 bits per heavy atom. The summed E-state index contributed by atoms with van der Waals surface area (Å²) in [4.78, 5) is 27.7. The van der Waals surface area contributed by atoms with Gasteiger partial charge < -0.3 is 4.90 Å². The first-order valence-electron chi connectivity index (χ1n) is 7.68. The van der Waals surface area contributed by atoms with Gasteiger partial charge in [-0.05, 0) is 24.3 Å². The van der Waals surface area contributed by atoms with E-state index in [9.17, 15) is 18.0 Å². The van der Waals surface area contributed by atoms with Crippen LogP contribution in [0.15, 0.2) is 58.3 Å². The highest BCUT2D eigenvalue weighted by molar-refractivity contribution is 7.99. The molecule has 0 aliphatic carbocycles. The van der Waals surface area contributed by atoms with Gasteiger partial charge in [0.2, 0.25) is 5.91 Å². The number of thioether (sulfide) groups is 1. The molecule has 2 aromatic carbocycles. The van der Waals surface area contributed by atoms with Crippen molar-refractivity contribution in [2.24, 2.45) is 0 Å². The van der Waals surface area contributed by atoms with E-state index in [1.165, 1.54) is 12.1 Å². The molecule has 2 heterocycles. The molecular formula is C17H14N2O4S2. The summed E-state index contributed by atoms with van der Waals surface area (Å²) in [5.41, 5.74) is 0.871. The molecule has 4 rings (SSSR count). The summed E-state index contributed by atoms with van der Waals surface area (Å²) in [6.45, 7) is -0.00954. The molecule has 0 saturated carbocycles. The van der Waals surface area contributed by atoms with Crippen LogP contribution >= 0.6 is 11.8 Å². The third kappa shape index (κ3) is 2.52. The molecule has 0 bridgehead atoms. The number of benzene rings is 2. The zero-order chi connectivity index (χ0) is 17.6.